The van der Waals surface area contributed by atoms with Crippen LogP contribution in [-0.4, -0.2) is 167 Å². The third-order valence-corrected chi connectivity index (χ3v) is 12.6. The molecular formula is C41H78N2O12. The van der Waals surface area contributed by atoms with E-state index in [0.29, 0.717) is 13.0 Å². The van der Waals surface area contributed by atoms with Crippen LogP contribution in [-0.2, 0) is 38.0 Å². The average molecular weight is 791 g/mol. The van der Waals surface area contributed by atoms with Crippen LogP contribution in [0.4, 0.5) is 0 Å². The van der Waals surface area contributed by atoms with Crippen LogP contribution < -0.4 is 0 Å². The Morgan fingerprint density at radius 2 is 1.58 bits per heavy atom. The van der Waals surface area contributed by atoms with E-state index < -0.39 is 96.0 Å². The van der Waals surface area contributed by atoms with Gasteiger partial charge in [0.2, 0.25) is 0 Å². The highest BCUT2D eigenvalue weighted by Gasteiger charge is 2.53. The van der Waals surface area contributed by atoms with E-state index in [2.05, 4.69) is 0 Å². The lowest BCUT2D eigenvalue weighted by Crippen LogP contribution is -2.61. The van der Waals surface area contributed by atoms with E-state index in [9.17, 15) is 25.2 Å². The van der Waals surface area contributed by atoms with E-state index in [1.54, 1.807) is 27.9 Å². The molecule has 0 bridgehead atoms. The Hall–Kier alpha value is -1.01. The first-order valence-electron chi connectivity index (χ1n) is 20.5. The molecule has 324 valence electrons. The fraction of sp³-hybridized carbons (Fsp3) is 0.976. The molecule has 3 saturated heterocycles. The summed E-state index contributed by atoms with van der Waals surface area (Å²) in [6, 6.07) is -0.791. The Morgan fingerprint density at radius 1 is 0.964 bits per heavy atom. The van der Waals surface area contributed by atoms with Gasteiger partial charge in [-0.3, -0.25) is 4.79 Å². The second kappa shape index (κ2) is 19.4. The molecule has 3 heterocycles. The Labute approximate surface area is 331 Å². The maximum atomic E-state index is 14.3. The molecule has 3 rings (SSSR count). The van der Waals surface area contributed by atoms with Crippen molar-refractivity contribution in [2.45, 2.75) is 205 Å². The van der Waals surface area contributed by atoms with Crippen molar-refractivity contribution in [1.29, 1.82) is 0 Å². The van der Waals surface area contributed by atoms with Crippen LogP contribution in [0, 0.1) is 17.8 Å². The summed E-state index contributed by atoms with van der Waals surface area (Å²) >= 11 is 0. The van der Waals surface area contributed by atoms with Crippen LogP contribution in [0.1, 0.15) is 109 Å². The number of hydrogen-bond donors (Lipinski definition) is 4. The standard InChI is InChI=1S/C41H78N2O12/c1-17-30-41(12,48)34(45)27(8)43(15)21-23(4)19-39(10,47)35(55-38-32(44)29(42(13)14)18-24(5)51-38)25(6)33(26(7)37(46)53-30)54-31-20-40(11,49-16)36(28(9)52-31)50-22(2)3/h22-36,38,44-45,47-48H,17-21H2,1-16H3/t23-,24-,25+,26-,27-,28+,29+,30-,31+,32-,33+,34-,35-,36?,38+,39-,40-,41-/m1/s1. The van der Waals surface area contributed by atoms with Gasteiger partial charge < -0.3 is 63.4 Å². The highest BCUT2D eigenvalue weighted by atomic mass is 16.7. The Morgan fingerprint density at radius 3 is 2.13 bits per heavy atom. The van der Waals surface area contributed by atoms with Gasteiger partial charge in [-0.05, 0) is 109 Å². The quantitative estimate of drug-likeness (QED) is 0.251. The van der Waals surface area contributed by atoms with Gasteiger partial charge in [-0.15, -0.1) is 0 Å². The molecule has 0 amide bonds. The zero-order chi connectivity index (χ0) is 42.0. The number of cyclic esters (lactones) is 1. The molecule has 14 heteroatoms. The third-order valence-electron chi connectivity index (χ3n) is 12.6. The molecule has 3 fully saturated rings. The van der Waals surface area contributed by atoms with Gasteiger partial charge in [0.25, 0.3) is 0 Å². The van der Waals surface area contributed by atoms with Gasteiger partial charge in [0.05, 0.1) is 47.6 Å². The number of ether oxygens (including phenoxy) is 7. The number of aliphatic hydroxyl groups is 4. The number of likely N-dealkylation sites (N-methyl/N-ethyl adjacent to an activating group) is 2. The van der Waals surface area contributed by atoms with E-state index in [0.717, 1.165) is 0 Å². The van der Waals surface area contributed by atoms with E-state index in [1.807, 2.05) is 86.3 Å². The molecule has 0 spiro atoms. The van der Waals surface area contributed by atoms with Gasteiger partial charge in [-0.2, -0.15) is 0 Å². The van der Waals surface area contributed by atoms with Gasteiger partial charge >= 0.3 is 5.97 Å². The minimum absolute atomic E-state index is 0.0821. The first-order valence-corrected chi connectivity index (χ1v) is 20.5. The molecule has 3 aliphatic heterocycles. The molecule has 55 heavy (non-hydrogen) atoms. The van der Waals surface area contributed by atoms with Gasteiger partial charge in [-0.1, -0.05) is 20.8 Å². The zero-order valence-electron chi connectivity index (χ0n) is 36.7. The minimum atomic E-state index is -1.79. The smallest absolute Gasteiger partial charge is 0.311 e. The van der Waals surface area contributed by atoms with Crippen molar-refractivity contribution in [2.75, 3.05) is 34.8 Å². The van der Waals surface area contributed by atoms with Crippen LogP contribution in [0.3, 0.4) is 0 Å². The van der Waals surface area contributed by atoms with Crippen LogP contribution in [0.15, 0.2) is 0 Å². The highest BCUT2D eigenvalue weighted by molar-refractivity contribution is 5.73. The Balaban J connectivity index is 2.18. The summed E-state index contributed by atoms with van der Waals surface area (Å²) in [5.74, 6) is -2.49. The molecule has 0 aromatic carbocycles. The molecule has 0 saturated carbocycles. The molecule has 3 aliphatic rings. The fourth-order valence-electron chi connectivity index (χ4n) is 9.27. The lowest BCUT2D eigenvalue weighted by atomic mass is 9.77. The van der Waals surface area contributed by atoms with Crippen molar-refractivity contribution in [2.24, 2.45) is 17.8 Å². The van der Waals surface area contributed by atoms with Crippen LogP contribution in [0.2, 0.25) is 0 Å². The summed E-state index contributed by atoms with van der Waals surface area (Å²) in [6.45, 7) is 22.5. The Kier molecular flexibility index (Phi) is 17.0. The second-order valence-electron chi connectivity index (χ2n) is 18.3. The summed E-state index contributed by atoms with van der Waals surface area (Å²) in [7, 11) is 7.28. The fourth-order valence-corrected chi connectivity index (χ4v) is 9.27. The lowest BCUT2D eigenvalue weighted by molar-refractivity contribution is -0.322. The van der Waals surface area contributed by atoms with Crippen LogP contribution in [0.25, 0.3) is 0 Å². The van der Waals surface area contributed by atoms with E-state index >= 15 is 0 Å². The van der Waals surface area contributed by atoms with Gasteiger partial charge in [-0.25, -0.2) is 0 Å². The second-order valence-corrected chi connectivity index (χ2v) is 18.3. The molecule has 0 aromatic rings. The van der Waals surface area contributed by atoms with Crippen molar-refractivity contribution >= 4 is 5.97 Å². The number of aliphatic hydroxyl groups excluding tert-OH is 2. The Bertz CT molecular complexity index is 1210. The molecule has 0 aromatic heterocycles. The van der Waals surface area contributed by atoms with Gasteiger partial charge in [0.1, 0.15) is 30.0 Å². The number of nitrogens with zero attached hydrogens (tertiary/aromatic N) is 2. The zero-order valence-corrected chi connectivity index (χ0v) is 36.7. The number of carbonyl (C=O) groups is 1. The molecule has 18 atom stereocenters. The molecule has 1 unspecified atom stereocenters. The summed E-state index contributed by atoms with van der Waals surface area (Å²) in [6.07, 6.45) is -7.15. The first kappa shape index (κ1) is 48.4. The predicted molar refractivity (Wildman–Crippen MR) is 208 cm³/mol. The van der Waals surface area contributed by atoms with Crippen molar-refractivity contribution in [3.8, 4) is 0 Å². The van der Waals surface area contributed by atoms with Gasteiger partial charge in [0.15, 0.2) is 12.6 Å². The molecule has 4 N–H and O–H groups in total. The SMILES string of the molecule is CC[C@H]1OC(=O)[C@H](C)[C@@H](O[C@H]2C[C@@](C)(OC)C(OC(C)C)[C@H](C)O2)[C@H](C)[C@@H](O[C@@H]2O[C@H](C)C[C@H](N(C)C)[C@H]2O)[C@](C)(O)C[C@@H](C)CN(C)[C@H](C)[C@@H](O)[C@]1(C)O. The largest absolute Gasteiger partial charge is 0.459 e. The van der Waals surface area contributed by atoms with E-state index in [-0.39, 0.29) is 43.4 Å². The average Bonchev–Trinajstić information content (AvgIpc) is 3.08. The molecule has 0 aliphatic carbocycles. The van der Waals surface area contributed by atoms with Gasteiger partial charge in [0, 0.05) is 38.1 Å². The normalized spacial score (nSPS) is 47.7. The first-order chi connectivity index (χ1) is 25.3. The van der Waals surface area contributed by atoms with Crippen LogP contribution >= 0.6 is 0 Å². The number of carbonyl (C=O) groups excluding carboxylic acids is 1. The van der Waals surface area contributed by atoms with Crippen molar-refractivity contribution < 1.29 is 58.4 Å². The summed E-state index contributed by atoms with van der Waals surface area (Å²) < 4.78 is 44.8. The monoisotopic (exact) mass is 791 g/mol. The molecular weight excluding hydrogens is 712 g/mol. The van der Waals surface area contributed by atoms with Crippen LogP contribution in [0.5, 0.6) is 0 Å². The maximum absolute atomic E-state index is 14.3. The summed E-state index contributed by atoms with van der Waals surface area (Å²) in [5.41, 5.74) is -4.14. The number of hydrogen-bond acceptors (Lipinski definition) is 14. The predicted octanol–water partition coefficient (Wildman–Crippen LogP) is 3.33. The highest BCUT2D eigenvalue weighted by Crippen LogP contribution is 2.41. The molecule has 14 nitrogen and oxygen atoms in total. The van der Waals surface area contributed by atoms with Crippen molar-refractivity contribution in [3.05, 3.63) is 0 Å². The topological polar surface area (TPSA) is 169 Å². The van der Waals surface area contributed by atoms with Crippen molar-refractivity contribution in [3.63, 3.8) is 0 Å². The third kappa shape index (κ3) is 11.4. The van der Waals surface area contributed by atoms with E-state index in [4.69, 9.17) is 33.2 Å². The van der Waals surface area contributed by atoms with E-state index in [1.165, 1.54) is 6.92 Å². The van der Waals surface area contributed by atoms with Crippen molar-refractivity contribution in [1.82, 2.24) is 9.80 Å². The minimum Gasteiger partial charge on any atom is -0.459 e. The summed E-state index contributed by atoms with van der Waals surface area (Å²) in [4.78, 5) is 18.2. The number of rotatable bonds is 9. The molecule has 0 radical (unpaired) electrons. The summed E-state index contributed by atoms with van der Waals surface area (Å²) in [5, 5.41) is 47.5. The number of methoxy groups -OCH3 is 1. The lowest BCUT2D eigenvalue weighted by Gasteiger charge is -2.49. The maximum Gasteiger partial charge on any atom is 0.311 e. The number of esters is 1.